The second-order valence-electron chi connectivity index (χ2n) is 5.22. The molecule has 3 heterocycles. The van der Waals surface area contributed by atoms with E-state index in [1.54, 1.807) is 13.1 Å². The zero-order chi connectivity index (χ0) is 14.1. The van der Waals surface area contributed by atoms with Crippen LogP contribution in [0.2, 0.25) is 0 Å². The zero-order valence-corrected chi connectivity index (χ0v) is 11.7. The van der Waals surface area contributed by atoms with Crippen LogP contribution in [-0.2, 0) is 6.54 Å². The largest absolute Gasteiger partial charge is 0.361 e. The van der Waals surface area contributed by atoms with E-state index in [-0.39, 0.29) is 11.9 Å². The Morgan fingerprint density at radius 3 is 3.00 bits per heavy atom. The Hall–Kier alpha value is -2.11. The van der Waals surface area contributed by atoms with Crippen LogP contribution in [0.4, 0.5) is 0 Å². The van der Waals surface area contributed by atoms with Crippen LogP contribution in [0.3, 0.4) is 0 Å². The van der Waals surface area contributed by atoms with E-state index in [4.69, 9.17) is 4.52 Å². The third-order valence-electron chi connectivity index (χ3n) is 3.84. The van der Waals surface area contributed by atoms with E-state index in [0.717, 1.165) is 25.9 Å². The van der Waals surface area contributed by atoms with E-state index >= 15 is 0 Å². The van der Waals surface area contributed by atoms with Crippen LogP contribution in [0.5, 0.6) is 0 Å². The molecule has 0 aliphatic carbocycles. The van der Waals surface area contributed by atoms with Crippen molar-refractivity contribution >= 4 is 5.91 Å². The van der Waals surface area contributed by atoms with Crippen molar-refractivity contribution in [2.45, 2.75) is 39.3 Å². The lowest BCUT2D eigenvalue weighted by atomic mass is 10.1. The molecule has 1 fully saturated rings. The molecule has 0 radical (unpaired) electrons. The van der Waals surface area contributed by atoms with Crippen molar-refractivity contribution in [3.05, 3.63) is 35.5 Å². The molecule has 6 nitrogen and oxygen atoms in total. The fourth-order valence-electron chi connectivity index (χ4n) is 2.85. The van der Waals surface area contributed by atoms with E-state index in [2.05, 4.69) is 10.3 Å². The Bertz CT molecular complexity index is 583. The summed E-state index contributed by atoms with van der Waals surface area (Å²) in [7, 11) is 0. The summed E-state index contributed by atoms with van der Waals surface area (Å²) in [5.74, 6) is 0.619. The molecule has 0 saturated carbocycles. The minimum Gasteiger partial charge on any atom is -0.361 e. The van der Waals surface area contributed by atoms with E-state index in [1.165, 1.54) is 0 Å². The van der Waals surface area contributed by atoms with Crippen molar-refractivity contribution in [2.75, 3.05) is 6.54 Å². The average molecular weight is 274 g/mol. The Balaban J connectivity index is 1.80. The molecule has 0 N–H and O–H groups in total. The van der Waals surface area contributed by atoms with Crippen molar-refractivity contribution in [1.82, 2.24) is 19.8 Å². The molecule has 1 aliphatic heterocycles. The molecule has 20 heavy (non-hydrogen) atoms. The molecule has 2 aromatic heterocycles. The summed E-state index contributed by atoms with van der Waals surface area (Å²) in [6, 6.07) is 2.09. The van der Waals surface area contributed by atoms with Crippen molar-refractivity contribution in [2.24, 2.45) is 0 Å². The van der Waals surface area contributed by atoms with Gasteiger partial charge in [0.25, 0.3) is 5.91 Å². The highest BCUT2D eigenvalue weighted by atomic mass is 16.5. The summed E-state index contributed by atoms with van der Waals surface area (Å²) >= 11 is 0. The molecule has 0 spiro atoms. The van der Waals surface area contributed by atoms with Gasteiger partial charge in [0.05, 0.1) is 18.3 Å². The monoisotopic (exact) mass is 274 g/mol. The van der Waals surface area contributed by atoms with Gasteiger partial charge in [-0.05, 0) is 32.8 Å². The lowest BCUT2D eigenvalue weighted by Gasteiger charge is -2.24. The SMILES string of the molecule is Cc1noc(C)c1C(=O)N1CCC[C@H]1Cn1cccn1. The van der Waals surface area contributed by atoms with Crippen LogP contribution in [0.1, 0.15) is 34.7 Å². The number of aromatic nitrogens is 3. The van der Waals surface area contributed by atoms with Gasteiger partial charge in [0, 0.05) is 18.9 Å². The highest BCUT2D eigenvalue weighted by Gasteiger charge is 2.32. The van der Waals surface area contributed by atoms with Gasteiger partial charge >= 0.3 is 0 Å². The molecule has 2 aromatic rings. The van der Waals surface area contributed by atoms with Gasteiger partial charge in [-0.15, -0.1) is 0 Å². The van der Waals surface area contributed by atoms with Gasteiger partial charge < -0.3 is 9.42 Å². The van der Waals surface area contributed by atoms with Gasteiger partial charge in [0.2, 0.25) is 0 Å². The fourth-order valence-corrected chi connectivity index (χ4v) is 2.85. The van der Waals surface area contributed by atoms with Crippen LogP contribution in [0, 0.1) is 13.8 Å². The Kier molecular flexibility index (Phi) is 3.30. The molecular weight excluding hydrogens is 256 g/mol. The number of amides is 1. The molecule has 6 heteroatoms. The molecule has 0 bridgehead atoms. The van der Waals surface area contributed by atoms with Crippen molar-refractivity contribution in [1.29, 1.82) is 0 Å². The smallest absolute Gasteiger partial charge is 0.259 e. The first-order valence-electron chi connectivity index (χ1n) is 6.88. The lowest BCUT2D eigenvalue weighted by Crippen LogP contribution is -2.38. The molecule has 3 rings (SSSR count). The topological polar surface area (TPSA) is 64.2 Å². The maximum Gasteiger partial charge on any atom is 0.259 e. The summed E-state index contributed by atoms with van der Waals surface area (Å²) in [4.78, 5) is 14.6. The first kappa shape index (κ1) is 12.9. The van der Waals surface area contributed by atoms with Gasteiger partial charge in [-0.1, -0.05) is 5.16 Å². The summed E-state index contributed by atoms with van der Waals surface area (Å²) in [6.07, 6.45) is 5.72. The predicted octanol–water partition coefficient (Wildman–Crippen LogP) is 1.79. The van der Waals surface area contributed by atoms with Gasteiger partial charge in [-0.2, -0.15) is 5.10 Å². The number of aryl methyl sites for hydroxylation is 2. The molecule has 106 valence electrons. The van der Waals surface area contributed by atoms with Gasteiger partial charge in [0.15, 0.2) is 0 Å². The second-order valence-corrected chi connectivity index (χ2v) is 5.22. The lowest BCUT2D eigenvalue weighted by molar-refractivity contribution is 0.0719. The number of likely N-dealkylation sites (tertiary alicyclic amines) is 1. The van der Waals surface area contributed by atoms with Crippen LogP contribution >= 0.6 is 0 Å². The van der Waals surface area contributed by atoms with E-state index < -0.39 is 0 Å². The van der Waals surface area contributed by atoms with Crippen LogP contribution in [-0.4, -0.2) is 38.3 Å². The molecule has 0 unspecified atom stereocenters. The summed E-state index contributed by atoms with van der Waals surface area (Å²) in [5.41, 5.74) is 1.27. The highest BCUT2D eigenvalue weighted by molar-refractivity contribution is 5.96. The standard InChI is InChI=1S/C14H18N4O2/c1-10-13(11(2)20-16-10)14(19)18-8-3-5-12(18)9-17-7-4-6-15-17/h4,6-7,12H,3,5,8-9H2,1-2H3/t12-/m0/s1. The molecule has 1 aliphatic rings. The fraction of sp³-hybridized carbons (Fsp3) is 0.500. The van der Waals surface area contributed by atoms with Crippen LogP contribution in [0.25, 0.3) is 0 Å². The highest BCUT2D eigenvalue weighted by Crippen LogP contribution is 2.24. The molecule has 1 amide bonds. The van der Waals surface area contributed by atoms with Crippen molar-refractivity contribution in [3.8, 4) is 0 Å². The maximum absolute atomic E-state index is 12.7. The number of rotatable bonds is 3. The molecule has 0 aromatic carbocycles. The van der Waals surface area contributed by atoms with E-state index in [9.17, 15) is 4.79 Å². The maximum atomic E-state index is 12.7. The minimum absolute atomic E-state index is 0.0240. The molecular formula is C14H18N4O2. The number of carbonyl (C=O) groups is 1. The van der Waals surface area contributed by atoms with Gasteiger partial charge in [-0.3, -0.25) is 9.48 Å². The average Bonchev–Trinajstić information content (AvgIpc) is 3.13. The van der Waals surface area contributed by atoms with Crippen molar-refractivity contribution < 1.29 is 9.32 Å². The third kappa shape index (κ3) is 2.21. The number of hydrogen-bond acceptors (Lipinski definition) is 4. The number of nitrogens with zero attached hydrogens (tertiary/aromatic N) is 4. The summed E-state index contributed by atoms with van der Waals surface area (Å²) < 4.78 is 6.98. The van der Waals surface area contributed by atoms with Crippen LogP contribution < -0.4 is 0 Å². The van der Waals surface area contributed by atoms with Crippen LogP contribution in [0.15, 0.2) is 23.0 Å². The van der Waals surface area contributed by atoms with Gasteiger partial charge in [-0.25, -0.2) is 0 Å². The summed E-state index contributed by atoms with van der Waals surface area (Å²) in [6.45, 7) is 5.12. The predicted molar refractivity (Wildman–Crippen MR) is 72.3 cm³/mol. The quantitative estimate of drug-likeness (QED) is 0.856. The number of hydrogen-bond donors (Lipinski definition) is 0. The Morgan fingerprint density at radius 1 is 1.50 bits per heavy atom. The second kappa shape index (κ2) is 5.11. The molecule has 1 saturated heterocycles. The third-order valence-corrected chi connectivity index (χ3v) is 3.84. The zero-order valence-electron chi connectivity index (χ0n) is 11.7. The van der Waals surface area contributed by atoms with Gasteiger partial charge in [0.1, 0.15) is 11.3 Å². The van der Waals surface area contributed by atoms with E-state index in [0.29, 0.717) is 17.0 Å². The van der Waals surface area contributed by atoms with Crippen molar-refractivity contribution in [3.63, 3.8) is 0 Å². The summed E-state index contributed by atoms with van der Waals surface area (Å²) in [5, 5.41) is 8.09. The normalized spacial score (nSPS) is 18.7. The first-order chi connectivity index (χ1) is 9.66. The molecule has 1 atom stereocenters. The Labute approximate surface area is 117 Å². The number of carbonyl (C=O) groups excluding carboxylic acids is 1. The Morgan fingerprint density at radius 2 is 2.35 bits per heavy atom. The first-order valence-corrected chi connectivity index (χ1v) is 6.88. The minimum atomic E-state index is 0.0240. The van der Waals surface area contributed by atoms with E-state index in [1.807, 2.05) is 28.8 Å².